The molecular weight excluding hydrogens is 359 g/mol. The molecule has 5 nitrogen and oxygen atoms in total. The van der Waals surface area contributed by atoms with Crippen LogP contribution >= 0.6 is 0 Å². The third kappa shape index (κ3) is 4.60. The highest BCUT2D eigenvalue weighted by atomic mass is 19.4. The van der Waals surface area contributed by atoms with E-state index >= 15 is 0 Å². The number of alkyl halides is 3. The minimum Gasteiger partial charge on any atom is -0.493 e. The van der Waals surface area contributed by atoms with Crippen molar-refractivity contribution in [2.24, 2.45) is 0 Å². The Hall–Kier alpha value is -3.42. The molecule has 0 spiro atoms. The van der Waals surface area contributed by atoms with Gasteiger partial charge < -0.3 is 10.4 Å². The lowest BCUT2D eigenvalue weighted by Crippen LogP contribution is -2.14. The van der Waals surface area contributed by atoms with Crippen molar-refractivity contribution in [2.75, 3.05) is 5.32 Å². The number of pyridine rings is 2. The summed E-state index contributed by atoms with van der Waals surface area (Å²) in [4.78, 5) is 20.5. The largest absolute Gasteiger partial charge is 0.493 e. The Morgan fingerprint density at radius 1 is 1.11 bits per heavy atom. The summed E-state index contributed by atoms with van der Waals surface area (Å²) >= 11 is 0. The number of aromatic hydroxyl groups is 1. The van der Waals surface area contributed by atoms with Crippen LogP contribution in [0.2, 0.25) is 0 Å². The second-order valence-corrected chi connectivity index (χ2v) is 5.82. The summed E-state index contributed by atoms with van der Waals surface area (Å²) in [5.74, 6) is -0.395. The number of carbonyl (C=O) groups excluding carboxylic acids is 1. The zero-order chi connectivity index (χ0) is 19.6. The highest BCUT2D eigenvalue weighted by molar-refractivity contribution is 6.05. The first kappa shape index (κ1) is 18.4. The lowest BCUT2D eigenvalue weighted by atomic mass is 10.0. The maximum absolute atomic E-state index is 12.4. The van der Waals surface area contributed by atoms with E-state index < -0.39 is 12.1 Å². The van der Waals surface area contributed by atoms with Crippen LogP contribution in [0.15, 0.2) is 48.5 Å². The van der Waals surface area contributed by atoms with Gasteiger partial charge in [-0.05, 0) is 42.3 Å². The van der Waals surface area contributed by atoms with Gasteiger partial charge in [-0.15, -0.1) is 0 Å². The van der Waals surface area contributed by atoms with Crippen molar-refractivity contribution in [3.05, 3.63) is 65.2 Å². The minimum absolute atomic E-state index is 0.142. The zero-order valence-electron chi connectivity index (χ0n) is 14.1. The van der Waals surface area contributed by atoms with Crippen LogP contribution < -0.4 is 5.32 Å². The SMILES string of the molecule is Cc1cc(C=CC(F)(F)F)ccc1C(=O)Nc1ccc2ccc(O)nc2n1. The molecule has 0 saturated heterocycles. The predicted octanol–water partition coefficient (Wildman–Crippen LogP) is 4.47. The first-order valence-electron chi connectivity index (χ1n) is 7.86. The highest BCUT2D eigenvalue weighted by Gasteiger charge is 2.21. The fourth-order valence-corrected chi connectivity index (χ4v) is 2.48. The van der Waals surface area contributed by atoms with E-state index in [1.165, 1.54) is 24.3 Å². The molecule has 0 aliphatic heterocycles. The number of nitrogens with zero attached hydrogens (tertiary/aromatic N) is 2. The number of fused-ring (bicyclic) bond motifs is 1. The molecule has 3 aromatic rings. The molecule has 3 rings (SSSR count). The predicted molar refractivity (Wildman–Crippen MR) is 95.4 cm³/mol. The number of nitrogens with one attached hydrogen (secondary N) is 1. The average molecular weight is 373 g/mol. The molecule has 0 saturated carbocycles. The van der Waals surface area contributed by atoms with Crippen molar-refractivity contribution < 1.29 is 23.1 Å². The molecule has 27 heavy (non-hydrogen) atoms. The smallest absolute Gasteiger partial charge is 0.409 e. The fraction of sp³-hybridized carbons (Fsp3) is 0.105. The first-order valence-corrected chi connectivity index (χ1v) is 7.86. The summed E-state index contributed by atoms with van der Waals surface area (Å²) in [5.41, 5.74) is 1.44. The van der Waals surface area contributed by atoms with Gasteiger partial charge in [0.1, 0.15) is 5.82 Å². The lowest BCUT2D eigenvalue weighted by molar-refractivity contribution is -0.0790. The quantitative estimate of drug-likeness (QED) is 0.710. The highest BCUT2D eigenvalue weighted by Crippen LogP contribution is 2.21. The maximum Gasteiger partial charge on any atom is 0.409 e. The fourth-order valence-electron chi connectivity index (χ4n) is 2.48. The van der Waals surface area contributed by atoms with Crippen molar-refractivity contribution in [1.82, 2.24) is 9.97 Å². The number of anilines is 1. The van der Waals surface area contributed by atoms with Gasteiger partial charge >= 0.3 is 6.18 Å². The summed E-state index contributed by atoms with van der Waals surface area (Å²) in [6.45, 7) is 1.63. The molecule has 0 atom stereocenters. The van der Waals surface area contributed by atoms with E-state index in [4.69, 9.17) is 0 Å². The molecule has 1 aromatic carbocycles. The van der Waals surface area contributed by atoms with E-state index in [1.54, 1.807) is 25.1 Å². The van der Waals surface area contributed by atoms with E-state index in [-0.39, 0.29) is 23.4 Å². The second-order valence-electron chi connectivity index (χ2n) is 5.82. The minimum atomic E-state index is -4.39. The Morgan fingerprint density at radius 3 is 2.56 bits per heavy atom. The lowest BCUT2D eigenvalue weighted by Gasteiger charge is -2.09. The zero-order valence-corrected chi connectivity index (χ0v) is 14.1. The van der Waals surface area contributed by atoms with Gasteiger partial charge in [0.25, 0.3) is 5.91 Å². The van der Waals surface area contributed by atoms with Crippen LogP contribution in [-0.2, 0) is 0 Å². The molecule has 8 heteroatoms. The van der Waals surface area contributed by atoms with Crippen molar-refractivity contribution in [2.45, 2.75) is 13.1 Å². The Labute approximate surface area is 152 Å². The van der Waals surface area contributed by atoms with Gasteiger partial charge in [0.15, 0.2) is 5.65 Å². The van der Waals surface area contributed by atoms with Crippen LogP contribution in [0.4, 0.5) is 19.0 Å². The number of hydrogen-bond donors (Lipinski definition) is 2. The normalized spacial score (nSPS) is 11.9. The van der Waals surface area contributed by atoms with Gasteiger partial charge in [-0.3, -0.25) is 4.79 Å². The Balaban J connectivity index is 1.81. The molecule has 0 fully saturated rings. The number of allylic oxidation sites excluding steroid dienone is 1. The molecule has 2 aromatic heterocycles. The summed E-state index contributed by atoms with van der Waals surface area (Å²) in [6.07, 6.45) is -3.31. The summed E-state index contributed by atoms with van der Waals surface area (Å²) in [7, 11) is 0. The van der Waals surface area contributed by atoms with E-state index in [0.29, 0.717) is 22.1 Å². The average Bonchev–Trinajstić information content (AvgIpc) is 2.59. The molecule has 0 radical (unpaired) electrons. The Morgan fingerprint density at radius 2 is 1.85 bits per heavy atom. The van der Waals surface area contributed by atoms with E-state index in [2.05, 4.69) is 15.3 Å². The van der Waals surface area contributed by atoms with Crippen molar-refractivity contribution in [3.63, 3.8) is 0 Å². The Kier molecular flexibility index (Phi) is 4.81. The number of halogens is 3. The number of rotatable bonds is 3. The molecule has 0 bridgehead atoms. The standard InChI is InChI=1S/C19H14F3N3O2/c1-11-10-12(8-9-19(20,21)22)2-5-14(11)18(27)24-15-6-3-13-4-7-16(26)25-17(13)23-15/h2-10H,1H3,(H2,23,24,25,26,27). The molecule has 2 heterocycles. The maximum atomic E-state index is 12.4. The molecule has 0 aliphatic carbocycles. The molecule has 138 valence electrons. The van der Waals surface area contributed by atoms with Crippen molar-refractivity contribution in [3.8, 4) is 5.88 Å². The summed E-state index contributed by atoms with van der Waals surface area (Å²) < 4.78 is 36.7. The van der Waals surface area contributed by atoms with E-state index in [0.717, 1.165) is 6.08 Å². The molecule has 0 aliphatic rings. The van der Waals surface area contributed by atoms with Crippen molar-refractivity contribution >= 4 is 28.8 Å². The van der Waals surface area contributed by atoms with Crippen molar-refractivity contribution in [1.29, 1.82) is 0 Å². The number of hydrogen-bond acceptors (Lipinski definition) is 4. The van der Waals surface area contributed by atoms with Crippen LogP contribution in [0.1, 0.15) is 21.5 Å². The number of amides is 1. The second kappa shape index (κ2) is 7.06. The molecule has 2 N–H and O–H groups in total. The first-order chi connectivity index (χ1) is 12.7. The monoisotopic (exact) mass is 373 g/mol. The Bertz CT molecular complexity index is 1050. The van der Waals surface area contributed by atoms with Crippen LogP contribution in [0.25, 0.3) is 17.1 Å². The molecule has 0 unspecified atom stereocenters. The van der Waals surface area contributed by atoms with Gasteiger partial charge in [-0.1, -0.05) is 18.2 Å². The van der Waals surface area contributed by atoms with Gasteiger partial charge in [-0.2, -0.15) is 18.2 Å². The van der Waals surface area contributed by atoms with Gasteiger partial charge in [0, 0.05) is 23.1 Å². The molecule has 1 amide bonds. The van der Waals surface area contributed by atoms with Gasteiger partial charge in [0.2, 0.25) is 5.88 Å². The third-order valence-electron chi connectivity index (χ3n) is 3.74. The van der Waals surface area contributed by atoms with Crippen LogP contribution in [0.3, 0.4) is 0 Å². The van der Waals surface area contributed by atoms with Gasteiger partial charge in [0.05, 0.1) is 0 Å². The van der Waals surface area contributed by atoms with Crippen LogP contribution in [0.5, 0.6) is 5.88 Å². The van der Waals surface area contributed by atoms with Crippen LogP contribution in [0, 0.1) is 6.92 Å². The number of carbonyl (C=O) groups is 1. The summed E-state index contributed by atoms with van der Waals surface area (Å²) in [5, 5.41) is 12.7. The van der Waals surface area contributed by atoms with Crippen LogP contribution in [-0.4, -0.2) is 27.2 Å². The number of benzene rings is 1. The third-order valence-corrected chi connectivity index (χ3v) is 3.74. The summed E-state index contributed by atoms with van der Waals surface area (Å²) in [6, 6.07) is 10.7. The van der Waals surface area contributed by atoms with E-state index in [9.17, 15) is 23.1 Å². The van der Waals surface area contributed by atoms with Gasteiger partial charge in [-0.25, -0.2) is 4.98 Å². The molecular formula is C19H14F3N3O2. The topological polar surface area (TPSA) is 75.1 Å². The number of aromatic nitrogens is 2. The number of aryl methyl sites for hydroxylation is 1. The van der Waals surface area contributed by atoms with E-state index in [1.807, 2.05) is 0 Å².